The van der Waals surface area contributed by atoms with Crippen molar-refractivity contribution in [3.05, 3.63) is 69.8 Å². The first-order valence-corrected chi connectivity index (χ1v) is 22.9. The molecule has 2 aliphatic rings. The van der Waals surface area contributed by atoms with Crippen molar-refractivity contribution >= 4 is 18.0 Å². The lowest BCUT2D eigenvalue weighted by Gasteiger charge is -2.49. The molecule has 2 aliphatic heterocycles. The molecule has 2 amide bonds. The van der Waals surface area contributed by atoms with Gasteiger partial charge in [0.15, 0.2) is 0 Å². The van der Waals surface area contributed by atoms with E-state index in [1.165, 1.54) is 0 Å². The van der Waals surface area contributed by atoms with Crippen LogP contribution in [0.5, 0.6) is 0 Å². The first kappa shape index (κ1) is 60.9. The summed E-state index contributed by atoms with van der Waals surface area (Å²) in [5, 5.41) is 3.17. The predicted octanol–water partition coefficient (Wildman–Crippen LogP) is 13.6. The number of nitrogens with two attached hydrogens (primary N) is 1. The van der Waals surface area contributed by atoms with E-state index in [1.54, 1.807) is 30.6 Å². The molecule has 9 nitrogen and oxygen atoms in total. The number of nitrogens with one attached hydrogen (secondary N) is 1. The molecular weight excluding hydrogens is 941 g/mol. The number of hydrogen-bond acceptors (Lipinski definition) is 7. The summed E-state index contributed by atoms with van der Waals surface area (Å²) in [5.41, 5.74) is -1.77. The second-order valence-electron chi connectivity index (χ2n) is 19.4. The number of piperidine rings is 2. The standard InChI is InChI=1S/C24H34F6N2O2.C15H27NO3.C9H7F6N/c1-7-18-12-19(14(3)20(8-2)32(18)21(33)34-22(4,5)6)31-13-15-9-16(23(25,26)27)11-17(10-15)24(28,29)30;1-7-11-9-13(17)10(3)12(8-2)16(11)14(18)19-15(4,5)6;10-8(11,12)6-1-5(4-16)2-7(3-6)9(13,14)15/h9-11,14,18-20,31H,7-8,12-13H2,1-6H3;10-12H,7-9H2,1-6H3;1-3H,4,16H2/t14-,18-,19+,20+;10-,11+,12-;/m10./s1. The highest BCUT2D eigenvalue weighted by atomic mass is 19.4. The molecule has 394 valence electrons. The fraction of sp³-hybridized carbons (Fsp3) is 0.688. The normalized spacial score (nSPS) is 22.8. The zero-order chi connectivity index (χ0) is 53.4. The van der Waals surface area contributed by atoms with Crippen molar-refractivity contribution < 1.29 is 76.5 Å². The molecule has 69 heavy (non-hydrogen) atoms. The average Bonchev–Trinajstić information content (AvgIpc) is 3.21. The molecule has 2 aromatic rings. The number of hydrogen-bond donors (Lipinski definition) is 2. The van der Waals surface area contributed by atoms with Gasteiger partial charge in [-0.25, -0.2) is 9.59 Å². The monoisotopic (exact) mass is 1010 g/mol. The van der Waals surface area contributed by atoms with Gasteiger partial charge in [-0.2, -0.15) is 52.7 Å². The third-order valence-corrected chi connectivity index (χ3v) is 11.9. The number of amides is 2. The van der Waals surface area contributed by atoms with Crippen LogP contribution in [-0.2, 0) is 52.1 Å². The largest absolute Gasteiger partial charge is 0.444 e. The highest BCUT2D eigenvalue weighted by Crippen LogP contribution is 2.39. The Labute approximate surface area is 397 Å². The molecule has 2 aromatic carbocycles. The first-order chi connectivity index (χ1) is 31.3. The number of likely N-dealkylation sites (tertiary alicyclic amines) is 2. The summed E-state index contributed by atoms with van der Waals surface area (Å²) >= 11 is 0. The smallest absolute Gasteiger partial charge is 0.416 e. The number of carbonyl (C=O) groups excluding carboxylic acids is 3. The van der Waals surface area contributed by atoms with Crippen LogP contribution in [0.2, 0.25) is 0 Å². The van der Waals surface area contributed by atoms with E-state index in [-0.39, 0.29) is 90.3 Å². The highest BCUT2D eigenvalue weighted by molar-refractivity contribution is 5.85. The van der Waals surface area contributed by atoms with Gasteiger partial charge < -0.3 is 30.3 Å². The number of nitrogens with zero attached hydrogens (tertiary/aromatic N) is 2. The summed E-state index contributed by atoms with van der Waals surface area (Å²) in [6.45, 7) is 22.2. The number of Topliss-reactive ketones (excluding diaryl/α,β-unsaturated/α-hetero) is 1. The second-order valence-corrected chi connectivity index (χ2v) is 19.4. The Morgan fingerprint density at radius 1 is 0.594 bits per heavy atom. The first-order valence-electron chi connectivity index (χ1n) is 22.9. The SMILES string of the molecule is CC[C@@H]1CC(=O)[C@@H](C)[C@H](CC)N1C(=O)OC(C)(C)C.CC[C@@H]1C[C@H](NCc2cc(C(F)(F)F)cc(C(F)(F)F)c2)[C@@H](C)[C@H](CC)N1C(=O)OC(C)(C)C.NCc1cc(C(F)(F)F)cc(C(F)(F)F)c1. The minimum absolute atomic E-state index is 0.0245. The van der Waals surface area contributed by atoms with Gasteiger partial charge in [-0.15, -0.1) is 0 Å². The fourth-order valence-corrected chi connectivity index (χ4v) is 8.45. The third-order valence-electron chi connectivity index (χ3n) is 11.9. The van der Waals surface area contributed by atoms with E-state index in [0.717, 1.165) is 25.0 Å². The fourth-order valence-electron chi connectivity index (χ4n) is 8.45. The lowest BCUT2D eigenvalue weighted by atomic mass is 9.80. The van der Waals surface area contributed by atoms with E-state index >= 15 is 0 Å². The molecule has 7 atom stereocenters. The molecule has 3 N–H and O–H groups in total. The molecular formula is C48H68F12N4O5. The summed E-state index contributed by atoms with van der Waals surface area (Å²) in [4.78, 5) is 40.9. The van der Waals surface area contributed by atoms with Gasteiger partial charge in [0.25, 0.3) is 0 Å². The summed E-state index contributed by atoms with van der Waals surface area (Å²) in [6, 6.07) is 2.30. The number of alkyl halides is 12. The van der Waals surface area contributed by atoms with Gasteiger partial charge in [-0.3, -0.25) is 4.79 Å². The zero-order valence-electron chi connectivity index (χ0n) is 41.2. The van der Waals surface area contributed by atoms with Crippen molar-refractivity contribution in [3.8, 4) is 0 Å². The highest BCUT2D eigenvalue weighted by Gasteiger charge is 2.45. The predicted molar refractivity (Wildman–Crippen MR) is 236 cm³/mol. The molecule has 21 heteroatoms. The molecule has 2 fully saturated rings. The minimum atomic E-state index is -4.89. The Morgan fingerprint density at radius 2 is 0.957 bits per heavy atom. The Bertz CT molecular complexity index is 1940. The van der Waals surface area contributed by atoms with Crippen molar-refractivity contribution in [1.29, 1.82) is 0 Å². The number of rotatable bonds is 8. The Balaban J connectivity index is 0.000000392. The van der Waals surface area contributed by atoms with Crippen LogP contribution in [0.25, 0.3) is 0 Å². The third kappa shape index (κ3) is 17.8. The van der Waals surface area contributed by atoms with Crippen LogP contribution in [0.3, 0.4) is 0 Å². The number of ether oxygens (including phenoxy) is 2. The Kier molecular flexibility index (Phi) is 21.0. The van der Waals surface area contributed by atoms with E-state index in [0.29, 0.717) is 37.8 Å². The summed E-state index contributed by atoms with van der Waals surface area (Å²) in [5.74, 6) is 0.0760. The molecule has 0 aliphatic carbocycles. The van der Waals surface area contributed by atoms with E-state index in [4.69, 9.17) is 15.2 Å². The maximum absolute atomic E-state index is 13.2. The van der Waals surface area contributed by atoms with Crippen LogP contribution in [0, 0.1) is 11.8 Å². The number of ketones is 1. The van der Waals surface area contributed by atoms with Crippen LogP contribution < -0.4 is 11.1 Å². The summed E-state index contributed by atoms with van der Waals surface area (Å²) < 4.78 is 164. The van der Waals surface area contributed by atoms with Crippen molar-refractivity contribution in [2.24, 2.45) is 17.6 Å². The van der Waals surface area contributed by atoms with Crippen LogP contribution in [-0.4, -0.2) is 69.2 Å². The lowest BCUT2D eigenvalue weighted by Crippen LogP contribution is -2.60. The van der Waals surface area contributed by atoms with Gasteiger partial charge in [0.05, 0.1) is 22.3 Å². The van der Waals surface area contributed by atoms with Gasteiger partial charge in [0, 0.05) is 55.6 Å². The molecule has 2 heterocycles. The van der Waals surface area contributed by atoms with Gasteiger partial charge in [-0.1, -0.05) is 41.5 Å². The second kappa shape index (κ2) is 23.8. The zero-order valence-corrected chi connectivity index (χ0v) is 41.2. The molecule has 2 saturated heterocycles. The number of benzene rings is 2. The van der Waals surface area contributed by atoms with Crippen molar-refractivity contribution in [3.63, 3.8) is 0 Å². The number of carbonyl (C=O) groups is 3. The summed E-state index contributed by atoms with van der Waals surface area (Å²) in [7, 11) is 0. The maximum atomic E-state index is 13.2. The molecule has 0 spiro atoms. The number of halogens is 12. The topological polar surface area (TPSA) is 114 Å². The summed E-state index contributed by atoms with van der Waals surface area (Å²) in [6.07, 6.45) is -16.3. The molecule has 0 saturated carbocycles. The Hall–Kier alpha value is -4.27. The van der Waals surface area contributed by atoms with E-state index in [1.807, 2.05) is 62.3 Å². The quantitative estimate of drug-likeness (QED) is 0.253. The molecule has 0 bridgehead atoms. The van der Waals surface area contributed by atoms with Gasteiger partial charge in [0.1, 0.15) is 17.0 Å². The van der Waals surface area contributed by atoms with E-state index in [2.05, 4.69) is 5.32 Å². The lowest BCUT2D eigenvalue weighted by molar-refractivity contribution is -0.144. The van der Waals surface area contributed by atoms with Gasteiger partial charge in [0.2, 0.25) is 0 Å². The maximum Gasteiger partial charge on any atom is 0.416 e. The molecule has 4 rings (SSSR count). The Morgan fingerprint density at radius 3 is 1.28 bits per heavy atom. The average molecular weight is 1010 g/mol. The minimum Gasteiger partial charge on any atom is -0.444 e. The van der Waals surface area contributed by atoms with Gasteiger partial charge >= 0.3 is 36.9 Å². The van der Waals surface area contributed by atoms with Gasteiger partial charge in [-0.05, 0) is 127 Å². The van der Waals surface area contributed by atoms with Crippen LogP contribution in [0.15, 0.2) is 36.4 Å². The van der Waals surface area contributed by atoms with E-state index in [9.17, 15) is 67.1 Å². The van der Waals surface area contributed by atoms with Crippen molar-refractivity contribution in [1.82, 2.24) is 15.1 Å². The van der Waals surface area contributed by atoms with Crippen LogP contribution in [0.4, 0.5) is 62.3 Å². The van der Waals surface area contributed by atoms with Crippen LogP contribution >= 0.6 is 0 Å². The van der Waals surface area contributed by atoms with Crippen molar-refractivity contribution in [2.75, 3.05) is 0 Å². The molecule has 0 radical (unpaired) electrons. The molecule has 0 unspecified atom stereocenters. The molecule has 0 aromatic heterocycles. The van der Waals surface area contributed by atoms with Crippen molar-refractivity contribution in [2.45, 2.75) is 201 Å². The van der Waals surface area contributed by atoms with E-state index < -0.39 is 64.3 Å². The van der Waals surface area contributed by atoms with Crippen LogP contribution in [0.1, 0.15) is 155 Å².